The van der Waals surface area contributed by atoms with Crippen LogP contribution in [0.25, 0.3) is 0 Å². The van der Waals surface area contributed by atoms with Crippen LogP contribution >= 0.6 is 0 Å². The van der Waals surface area contributed by atoms with E-state index in [4.69, 9.17) is 5.11 Å². The molecule has 1 aromatic rings. The van der Waals surface area contributed by atoms with Crippen molar-refractivity contribution in [3.05, 3.63) is 35.9 Å². The molecule has 0 aromatic heterocycles. The molecule has 1 saturated heterocycles. The van der Waals surface area contributed by atoms with Crippen molar-refractivity contribution in [2.45, 2.75) is 12.5 Å². The lowest BCUT2D eigenvalue weighted by Gasteiger charge is -2.37. The summed E-state index contributed by atoms with van der Waals surface area (Å²) in [6, 6.07) is 9.65. The maximum atomic E-state index is 10.7. The van der Waals surface area contributed by atoms with Crippen molar-refractivity contribution in [2.24, 2.45) is 0 Å². The van der Waals surface area contributed by atoms with Gasteiger partial charge in [-0.3, -0.25) is 14.6 Å². The Hall–Kier alpha value is -1.43. The molecule has 0 aliphatic carbocycles. The number of hydrogen-bond donors (Lipinski definition) is 2. The van der Waals surface area contributed by atoms with Crippen LogP contribution < -0.4 is 0 Å². The number of benzene rings is 1. The molecule has 20 heavy (non-hydrogen) atoms. The lowest BCUT2D eigenvalue weighted by molar-refractivity contribution is -0.138. The van der Waals surface area contributed by atoms with Gasteiger partial charge in [0.25, 0.3) is 0 Å². The largest absolute Gasteiger partial charge is 0.480 e. The van der Waals surface area contributed by atoms with Crippen LogP contribution in [0.15, 0.2) is 30.3 Å². The summed E-state index contributed by atoms with van der Waals surface area (Å²) in [5.41, 5.74) is 0.0314. The highest BCUT2D eigenvalue weighted by molar-refractivity contribution is 5.69. The summed E-state index contributed by atoms with van der Waals surface area (Å²) in [6.45, 7) is 5.54. The Morgan fingerprint density at radius 2 is 1.70 bits per heavy atom. The van der Waals surface area contributed by atoms with Gasteiger partial charge in [-0.1, -0.05) is 30.3 Å². The average Bonchev–Trinajstić information content (AvgIpc) is 2.41. The molecule has 2 N–H and O–H groups in total. The van der Waals surface area contributed by atoms with Crippen molar-refractivity contribution in [1.29, 1.82) is 0 Å². The second-order valence-corrected chi connectivity index (χ2v) is 5.59. The number of hydrogen-bond acceptors (Lipinski definition) is 4. The molecule has 1 aliphatic rings. The van der Waals surface area contributed by atoms with E-state index in [9.17, 15) is 9.90 Å². The van der Waals surface area contributed by atoms with Gasteiger partial charge in [0, 0.05) is 32.7 Å². The van der Waals surface area contributed by atoms with E-state index in [0.717, 1.165) is 31.7 Å². The predicted molar refractivity (Wildman–Crippen MR) is 76.5 cm³/mol. The highest BCUT2D eigenvalue weighted by atomic mass is 16.4. The monoisotopic (exact) mass is 278 g/mol. The number of carbonyl (C=O) groups is 1. The smallest absolute Gasteiger partial charge is 0.317 e. The van der Waals surface area contributed by atoms with Crippen LogP contribution in [-0.4, -0.2) is 65.3 Å². The van der Waals surface area contributed by atoms with Crippen molar-refractivity contribution in [3.8, 4) is 0 Å². The minimum absolute atomic E-state index is 0.100. The number of nitrogens with zero attached hydrogens (tertiary/aromatic N) is 2. The molecule has 1 atom stereocenters. The van der Waals surface area contributed by atoms with Gasteiger partial charge in [-0.05, 0) is 12.5 Å². The molecule has 0 saturated carbocycles. The standard InChI is InChI=1S/C15H22N2O3/c1-15(20,13-5-3-2-4-6-13)12-17-9-7-16(8-10-17)11-14(18)19/h2-6,20H,7-12H2,1H3,(H,18,19). The Bertz CT molecular complexity index is 440. The Morgan fingerprint density at radius 3 is 2.25 bits per heavy atom. The van der Waals surface area contributed by atoms with Gasteiger partial charge in [-0.25, -0.2) is 0 Å². The van der Waals surface area contributed by atoms with Crippen molar-refractivity contribution < 1.29 is 15.0 Å². The third kappa shape index (κ3) is 4.03. The van der Waals surface area contributed by atoms with E-state index in [1.165, 1.54) is 0 Å². The third-order valence-electron chi connectivity index (χ3n) is 3.75. The molecule has 1 unspecified atom stereocenters. The molecule has 0 bridgehead atoms. The summed E-state index contributed by atoms with van der Waals surface area (Å²) in [6.07, 6.45) is 0. The van der Waals surface area contributed by atoms with Gasteiger partial charge < -0.3 is 10.2 Å². The highest BCUT2D eigenvalue weighted by Gasteiger charge is 2.28. The second-order valence-electron chi connectivity index (χ2n) is 5.59. The Balaban J connectivity index is 1.87. The molecular formula is C15H22N2O3. The minimum atomic E-state index is -0.879. The lowest BCUT2D eigenvalue weighted by Crippen LogP contribution is -2.51. The summed E-state index contributed by atoms with van der Waals surface area (Å²) < 4.78 is 0. The molecule has 1 heterocycles. The molecular weight excluding hydrogens is 256 g/mol. The first-order chi connectivity index (χ1) is 9.47. The quantitative estimate of drug-likeness (QED) is 0.825. The van der Waals surface area contributed by atoms with Crippen LogP contribution in [-0.2, 0) is 10.4 Å². The number of piperazine rings is 1. The number of aliphatic carboxylic acids is 1. The second kappa shape index (κ2) is 6.35. The predicted octanol–water partition coefficient (Wildman–Crippen LogP) is 0.596. The van der Waals surface area contributed by atoms with Gasteiger partial charge in [-0.2, -0.15) is 0 Å². The van der Waals surface area contributed by atoms with E-state index in [2.05, 4.69) is 4.90 Å². The van der Waals surface area contributed by atoms with Crippen molar-refractivity contribution in [3.63, 3.8) is 0 Å². The number of aliphatic hydroxyl groups is 1. The Morgan fingerprint density at radius 1 is 1.15 bits per heavy atom. The number of rotatable bonds is 5. The SMILES string of the molecule is CC(O)(CN1CCN(CC(=O)O)CC1)c1ccccc1. The first kappa shape index (κ1) is 15.0. The van der Waals surface area contributed by atoms with Gasteiger partial charge in [-0.15, -0.1) is 0 Å². The van der Waals surface area contributed by atoms with Crippen LogP contribution in [0.5, 0.6) is 0 Å². The van der Waals surface area contributed by atoms with Gasteiger partial charge in [0.15, 0.2) is 0 Å². The summed E-state index contributed by atoms with van der Waals surface area (Å²) in [5.74, 6) is -0.783. The summed E-state index contributed by atoms with van der Waals surface area (Å²) in [7, 11) is 0. The van der Waals surface area contributed by atoms with Gasteiger partial charge in [0.2, 0.25) is 0 Å². The van der Waals surface area contributed by atoms with Crippen molar-refractivity contribution in [1.82, 2.24) is 9.80 Å². The zero-order valence-electron chi connectivity index (χ0n) is 11.8. The minimum Gasteiger partial charge on any atom is -0.480 e. The van der Waals surface area contributed by atoms with E-state index in [1.54, 1.807) is 0 Å². The Labute approximate surface area is 119 Å². The summed E-state index contributed by atoms with van der Waals surface area (Å²) in [4.78, 5) is 14.8. The topological polar surface area (TPSA) is 64.0 Å². The molecule has 0 amide bonds. The Kier molecular flexibility index (Phi) is 4.75. The fraction of sp³-hybridized carbons (Fsp3) is 0.533. The van der Waals surface area contributed by atoms with Crippen LogP contribution in [0.4, 0.5) is 0 Å². The summed E-state index contributed by atoms with van der Waals surface area (Å²) in [5, 5.41) is 19.4. The van der Waals surface area contributed by atoms with E-state index in [-0.39, 0.29) is 6.54 Å². The molecule has 0 radical (unpaired) electrons. The molecule has 1 aromatic carbocycles. The molecule has 110 valence electrons. The molecule has 5 nitrogen and oxygen atoms in total. The first-order valence-electron chi connectivity index (χ1n) is 6.92. The molecule has 2 rings (SSSR count). The fourth-order valence-electron chi connectivity index (χ4n) is 2.62. The van der Waals surface area contributed by atoms with Gasteiger partial charge >= 0.3 is 5.97 Å². The lowest BCUT2D eigenvalue weighted by atomic mass is 9.95. The van der Waals surface area contributed by atoms with Crippen LogP contribution in [0, 0.1) is 0 Å². The molecule has 1 aliphatic heterocycles. The zero-order valence-corrected chi connectivity index (χ0v) is 11.8. The number of β-amino-alcohol motifs (C(OH)–C–C–N with tert-alkyl or cyclic N) is 1. The zero-order chi connectivity index (χ0) is 14.6. The van der Waals surface area contributed by atoms with Crippen LogP contribution in [0.2, 0.25) is 0 Å². The number of carboxylic acids is 1. The average molecular weight is 278 g/mol. The first-order valence-corrected chi connectivity index (χ1v) is 6.92. The highest BCUT2D eigenvalue weighted by Crippen LogP contribution is 2.22. The van der Waals surface area contributed by atoms with Crippen molar-refractivity contribution >= 4 is 5.97 Å². The maximum absolute atomic E-state index is 10.7. The van der Waals surface area contributed by atoms with Crippen LogP contribution in [0.3, 0.4) is 0 Å². The van der Waals surface area contributed by atoms with E-state index < -0.39 is 11.6 Å². The maximum Gasteiger partial charge on any atom is 0.317 e. The molecule has 5 heteroatoms. The fourth-order valence-corrected chi connectivity index (χ4v) is 2.62. The number of carboxylic acid groups (broad SMARTS) is 1. The van der Waals surface area contributed by atoms with E-state index in [0.29, 0.717) is 6.54 Å². The van der Waals surface area contributed by atoms with E-state index >= 15 is 0 Å². The van der Waals surface area contributed by atoms with Gasteiger partial charge in [0.1, 0.15) is 0 Å². The van der Waals surface area contributed by atoms with Crippen molar-refractivity contribution in [2.75, 3.05) is 39.3 Å². The molecule has 1 fully saturated rings. The van der Waals surface area contributed by atoms with Crippen LogP contribution in [0.1, 0.15) is 12.5 Å². The molecule has 0 spiro atoms. The normalized spacial score (nSPS) is 20.5. The summed E-state index contributed by atoms with van der Waals surface area (Å²) >= 11 is 0. The van der Waals surface area contributed by atoms with E-state index in [1.807, 2.05) is 42.2 Å². The third-order valence-corrected chi connectivity index (χ3v) is 3.75. The van der Waals surface area contributed by atoms with Gasteiger partial charge in [0.05, 0.1) is 12.1 Å².